The van der Waals surface area contributed by atoms with E-state index in [1.165, 1.54) is 23.7 Å². The standard InChI is InChI=1S/C24H21FN6O4S/c25-15-2-4-17-19(12-15)36-27-21(17)29-9-7-28(8-10-29)13-14-1-3-16-18(11-14)23(34)31(22(16)33)30-6-5-20(32)26-24(30)35/h1-4,11-12H,5-10,13H2,(H,26,32,35). The van der Waals surface area contributed by atoms with E-state index in [-0.39, 0.29) is 29.9 Å². The Balaban J connectivity index is 1.13. The van der Waals surface area contributed by atoms with Gasteiger partial charge in [0.1, 0.15) is 11.6 Å². The molecule has 10 nitrogen and oxygen atoms in total. The molecule has 2 fully saturated rings. The maximum absolute atomic E-state index is 13.5. The number of hydrazine groups is 1. The highest BCUT2D eigenvalue weighted by atomic mass is 32.1. The minimum atomic E-state index is -0.781. The van der Waals surface area contributed by atoms with Gasteiger partial charge in [-0.25, -0.2) is 14.2 Å². The zero-order chi connectivity index (χ0) is 25.0. The number of aromatic nitrogens is 1. The predicted octanol–water partition coefficient (Wildman–Crippen LogP) is 2.21. The SMILES string of the molecule is O=C1CCN(N2C(=O)c3ccc(CN4CCN(c5nsc6cc(F)ccc56)CC4)cc3C2=O)C(=O)N1. The van der Waals surface area contributed by atoms with Gasteiger partial charge in [-0.3, -0.25) is 24.6 Å². The normalized spacial score (nSPS) is 18.9. The third-order valence-corrected chi connectivity index (χ3v) is 7.49. The van der Waals surface area contributed by atoms with Crippen LogP contribution in [0.5, 0.6) is 0 Å². The average Bonchev–Trinajstić information content (AvgIpc) is 3.38. The van der Waals surface area contributed by atoms with Gasteiger partial charge >= 0.3 is 6.03 Å². The van der Waals surface area contributed by atoms with E-state index in [0.717, 1.165) is 57.7 Å². The Hall–Kier alpha value is -3.90. The second-order valence-corrected chi connectivity index (χ2v) is 9.74. The van der Waals surface area contributed by atoms with Crippen molar-refractivity contribution in [1.82, 2.24) is 24.6 Å². The number of urea groups is 1. The average molecular weight is 509 g/mol. The first-order chi connectivity index (χ1) is 17.4. The summed E-state index contributed by atoms with van der Waals surface area (Å²) in [6, 6.07) is 9.10. The van der Waals surface area contributed by atoms with E-state index in [1.54, 1.807) is 18.2 Å². The lowest BCUT2D eigenvalue weighted by atomic mass is 10.1. The number of nitrogens with one attached hydrogen (secondary N) is 1. The van der Waals surface area contributed by atoms with Crippen molar-refractivity contribution in [2.45, 2.75) is 13.0 Å². The van der Waals surface area contributed by atoms with Gasteiger partial charge in [-0.05, 0) is 47.4 Å². The van der Waals surface area contributed by atoms with Crippen molar-refractivity contribution in [3.8, 4) is 0 Å². The molecule has 0 spiro atoms. The Morgan fingerprint density at radius 1 is 0.917 bits per heavy atom. The number of hydrogen-bond acceptors (Lipinski definition) is 8. The number of carbonyl (C=O) groups is 4. The number of carbonyl (C=O) groups excluding carboxylic acids is 4. The van der Waals surface area contributed by atoms with Crippen LogP contribution in [0.1, 0.15) is 32.7 Å². The van der Waals surface area contributed by atoms with E-state index in [1.807, 2.05) is 6.07 Å². The molecular formula is C24H21FN6O4S. The van der Waals surface area contributed by atoms with Crippen LogP contribution in [-0.4, -0.2) is 75.8 Å². The Kier molecular flexibility index (Phi) is 5.41. The van der Waals surface area contributed by atoms with Crippen molar-refractivity contribution in [3.63, 3.8) is 0 Å². The van der Waals surface area contributed by atoms with E-state index in [2.05, 4.69) is 19.5 Å². The number of fused-ring (bicyclic) bond motifs is 2. The Bertz CT molecular complexity index is 1430. The van der Waals surface area contributed by atoms with E-state index >= 15 is 0 Å². The zero-order valence-corrected chi connectivity index (χ0v) is 19.9. The maximum atomic E-state index is 13.5. The molecule has 3 aliphatic rings. The molecule has 6 rings (SSSR count). The van der Waals surface area contributed by atoms with Crippen LogP contribution in [0.4, 0.5) is 15.0 Å². The van der Waals surface area contributed by atoms with Gasteiger partial charge in [0.15, 0.2) is 0 Å². The van der Waals surface area contributed by atoms with Gasteiger partial charge in [-0.15, -0.1) is 0 Å². The molecule has 36 heavy (non-hydrogen) atoms. The molecule has 4 heterocycles. The molecule has 5 amide bonds. The fourth-order valence-electron chi connectivity index (χ4n) is 4.84. The highest BCUT2D eigenvalue weighted by Gasteiger charge is 2.43. The van der Waals surface area contributed by atoms with Crippen molar-refractivity contribution < 1.29 is 23.6 Å². The Labute approximate surface area is 209 Å². The largest absolute Gasteiger partial charge is 0.353 e. The van der Waals surface area contributed by atoms with Crippen molar-refractivity contribution in [1.29, 1.82) is 0 Å². The molecular weight excluding hydrogens is 487 g/mol. The summed E-state index contributed by atoms with van der Waals surface area (Å²) in [5.41, 5.74) is 1.38. The Morgan fingerprint density at radius 2 is 1.69 bits per heavy atom. The van der Waals surface area contributed by atoms with Crippen LogP contribution >= 0.6 is 11.5 Å². The van der Waals surface area contributed by atoms with Crippen molar-refractivity contribution in [2.24, 2.45) is 0 Å². The van der Waals surface area contributed by atoms with Gasteiger partial charge in [0.25, 0.3) is 11.8 Å². The van der Waals surface area contributed by atoms with Gasteiger partial charge in [0.2, 0.25) is 5.91 Å². The number of amides is 5. The first-order valence-corrected chi connectivity index (χ1v) is 12.3. The summed E-state index contributed by atoms with van der Waals surface area (Å²) in [4.78, 5) is 54.0. The highest BCUT2D eigenvalue weighted by molar-refractivity contribution is 7.13. The molecule has 0 radical (unpaired) electrons. The number of hydrogen-bond donors (Lipinski definition) is 1. The summed E-state index contributed by atoms with van der Waals surface area (Å²) < 4.78 is 18.9. The number of anilines is 1. The quantitative estimate of drug-likeness (QED) is 0.539. The van der Waals surface area contributed by atoms with E-state index in [4.69, 9.17) is 0 Å². The number of halogens is 1. The maximum Gasteiger partial charge on any atom is 0.343 e. The molecule has 1 N–H and O–H groups in total. The van der Waals surface area contributed by atoms with E-state index in [0.29, 0.717) is 6.54 Å². The number of benzene rings is 2. The summed E-state index contributed by atoms with van der Waals surface area (Å²) in [5, 5.41) is 4.89. The lowest BCUT2D eigenvalue weighted by Gasteiger charge is -2.35. The summed E-state index contributed by atoms with van der Waals surface area (Å²) >= 11 is 1.29. The van der Waals surface area contributed by atoms with E-state index in [9.17, 15) is 23.6 Å². The zero-order valence-electron chi connectivity index (χ0n) is 19.1. The molecule has 2 aromatic carbocycles. The first-order valence-electron chi connectivity index (χ1n) is 11.5. The predicted molar refractivity (Wildman–Crippen MR) is 129 cm³/mol. The fraction of sp³-hybridized carbons (Fsp3) is 0.292. The van der Waals surface area contributed by atoms with Crippen molar-refractivity contribution in [2.75, 3.05) is 37.6 Å². The van der Waals surface area contributed by atoms with Crippen molar-refractivity contribution in [3.05, 3.63) is 58.9 Å². The molecule has 3 aromatic rings. The molecule has 0 aliphatic carbocycles. The third-order valence-electron chi connectivity index (χ3n) is 6.70. The summed E-state index contributed by atoms with van der Waals surface area (Å²) in [5.74, 6) is -0.977. The van der Waals surface area contributed by atoms with Crippen LogP contribution in [0.15, 0.2) is 36.4 Å². The number of nitrogens with zero attached hydrogens (tertiary/aromatic N) is 5. The van der Waals surface area contributed by atoms with Crippen LogP contribution in [0.2, 0.25) is 0 Å². The lowest BCUT2D eigenvalue weighted by Crippen LogP contribution is -2.58. The molecule has 0 bridgehead atoms. The molecule has 1 aromatic heterocycles. The number of rotatable bonds is 4. The molecule has 3 aliphatic heterocycles. The minimum absolute atomic E-state index is 0.0178. The second kappa shape index (κ2) is 8.64. The summed E-state index contributed by atoms with van der Waals surface area (Å²) in [6.45, 7) is 3.64. The molecule has 0 unspecified atom stereocenters. The summed E-state index contributed by atoms with van der Waals surface area (Å²) in [7, 11) is 0. The van der Waals surface area contributed by atoms with Gasteiger partial charge < -0.3 is 4.90 Å². The van der Waals surface area contributed by atoms with E-state index < -0.39 is 23.8 Å². The minimum Gasteiger partial charge on any atom is -0.353 e. The molecule has 184 valence electrons. The van der Waals surface area contributed by atoms with Gasteiger partial charge in [-0.1, -0.05) is 6.07 Å². The van der Waals surface area contributed by atoms with Gasteiger partial charge in [0, 0.05) is 44.5 Å². The number of piperazine rings is 1. The van der Waals surface area contributed by atoms with Crippen LogP contribution in [-0.2, 0) is 11.3 Å². The lowest BCUT2D eigenvalue weighted by molar-refractivity contribution is -0.122. The Morgan fingerprint density at radius 3 is 2.47 bits per heavy atom. The van der Waals surface area contributed by atoms with Crippen LogP contribution in [0.25, 0.3) is 10.1 Å². The number of imide groups is 2. The topological polar surface area (TPSA) is 106 Å². The van der Waals surface area contributed by atoms with Crippen LogP contribution in [0.3, 0.4) is 0 Å². The monoisotopic (exact) mass is 508 g/mol. The second-order valence-electron chi connectivity index (χ2n) is 8.94. The van der Waals surface area contributed by atoms with Gasteiger partial charge in [0.05, 0.1) is 22.4 Å². The fourth-order valence-corrected chi connectivity index (χ4v) is 5.66. The van der Waals surface area contributed by atoms with Crippen LogP contribution in [0, 0.1) is 5.82 Å². The van der Waals surface area contributed by atoms with Crippen molar-refractivity contribution >= 4 is 51.2 Å². The van der Waals surface area contributed by atoms with Gasteiger partial charge in [-0.2, -0.15) is 9.38 Å². The smallest absolute Gasteiger partial charge is 0.343 e. The molecule has 12 heteroatoms. The first kappa shape index (κ1) is 22.6. The molecule has 2 saturated heterocycles. The molecule has 0 saturated carbocycles. The van der Waals surface area contributed by atoms with Crippen LogP contribution < -0.4 is 10.2 Å². The molecule has 0 atom stereocenters. The summed E-state index contributed by atoms with van der Waals surface area (Å²) in [6.07, 6.45) is 0.0178. The highest BCUT2D eigenvalue weighted by Crippen LogP contribution is 2.31. The third kappa shape index (κ3) is 3.78.